The molecule has 9 heteroatoms. The molecular weight excluding hydrogens is 376 g/mol. The molecule has 134 valence electrons. The minimum Gasteiger partial charge on any atom is -1.00 e. The number of nitrogens with one attached hydrogen (secondary N) is 1. The Kier molecular flexibility index (Phi) is 6.76. The first-order valence-electron chi connectivity index (χ1n) is 7.35. The Bertz CT molecular complexity index is 936. The van der Waals surface area contributed by atoms with E-state index in [1.165, 1.54) is 4.57 Å². The third-order valence-electron chi connectivity index (χ3n) is 3.15. The van der Waals surface area contributed by atoms with Gasteiger partial charge in [-0.05, 0) is 24.3 Å². The summed E-state index contributed by atoms with van der Waals surface area (Å²) in [6.45, 7) is 0. The van der Waals surface area contributed by atoms with E-state index in [2.05, 4.69) is 15.3 Å². The highest BCUT2D eigenvalue weighted by Crippen LogP contribution is 2.20. The summed E-state index contributed by atoms with van der Waals surface area (Å²) in [5, 5.41) is 12.5. The molecule has 0 aliphatic carbocycles. The number of pyridine rings is 1. The van der Waals surface area contributed by atoms with Gasteiger partial charge in [0.25, 0.3) is 5.56 Å². The summed E-state index contributed by atoms with van der Waals surface area (Å²) >= 11 is 1.05. The summed E-state index contributed by atoms with van der Waals surface area (Å²) in [5.74, 6) is -0.220. The van der Waals surface area contributed by atoms with Gasteiger partial charge in [-0.15, -0.1) is 0 Å². The van der Waals surface area contributed by atoms with Gasteiger partial charge in [-0.2, -0.15) is 4.98 Å². The monoisotopic (exact) mass is 389 g/mol. The molecule has 3 aromatic rings. The van der Waals surface area contributed by atoms with Crippen LogP contribution in [0, 0.1) is 0 Å². The third kappa shape index (κ3) is 4.84. The van der Waals surface area contributed by atoms with E-state index < -0.39 is 5.56 Å². The number of rotatable bonds is 5. The van der Waals surface area contributed by atoms with Crippen LogP contribution >= 0.6 is 11.8 Å². The third-order valence-corrected chi connectivity index (χ3v) is 4.09. The van der Waals surface area contributed by atoms with Crippen LogP contribution in [-0.2, 0) is 4.79 Å². The highest BCUT2D eigenvalue weighted by Gasteiger charge is 2.13. The van der Waals surface area contributed by atoms with Crippen LogP contribution in [0.4, 0.5) is 5.82 Å². The number of amides is 1. The van der Waals surface area contributed by atoms with Crippen molar-refractivity contribution in [3.8, 4) is 11.6 Å². The lowest BCUT2D eigenvalue weighted by Gasteiger charge is -2.11. The number of aromatic hydroxyl groups is 1. The largest absolute Gasteiger partial charge is 1.00 e. The zero-order valence-corrected chi connectivity index (χ0v) is 14.9. The van der Waals surface area contributed by atoms with Crippen molar-refractivity contribution < 1.29 is 22.3 Å². The predicted octanol–water partition coefficient (Wildman–Crippen LogP) is -0.932. The van der Waals surface area contributed by atoms with Gasteiger partial charge in [-0.3, -0.25) is 14.2 Å². The van der Waals surface area contributed by atoms with Crippen LogP contribution in [0.25, 0.3) is 5.69 Å². The zero-order valence-electron chi connectivity index (χ0n) is 13.4. The molecule has 1 aromatic carbocycles. The maximum Gasteiger partial charge on any atom is 0.262 e. The minimum atomic E-state index is -0.425. The molecule has 0 saturated heterocycles. The lowest BCUT2D eigenvalue weighted by molar-refractivity contribution is -0.113. The maximum absolute atomic E-state index is 12.2. The van der Waals surface area contributed by atoms with E-state index in [1.807, 2.05) is 6.07 Å². The Morgan fingerprint density at radius 1 is 1.15 bits per heavy atom. The zero-order chi connectivity index (χ0) is 17.6. The first kappa shape index (κ1) is 19.5. The average Bonchev–Trinajstić information content (AvgIpc) is 2.61. The summed E-state index contributed by atoms with van der Waals surface area (Å²) < 4.78 is 1.35. The first-order valence-corrected chi connectivity index (χ1v) is 8.34. The molecule has 3 rings (SSSR count). The first-order chi connectivity index (χ1) is 12.1. The summed E-state index contributed by atoms with van der Waals surface area (Å²) in [6, 6.07) is 15.1. The van der Waals surface area contributed by atoms with Crippen molar-refractivity contribution in [3.63, 3.8) is 0 Å². The number of halogens is 1. The number of aromatic nitrogens is 3. The van der Waals surface area contributed by atoms with Crippen LogP contribution in [-0.4, -0.2) is 31.3 Å². The Labute approximate surface area is 159 Å². The fraction of sp³-hybridized carbons (Fsp3) is 0.0588. The standard InChI is InChI=1S/C17H14N4O3S.ClH/c22-14-10-16(24)21(12-6-2-1-3-7-12)17(20-14)25-11-15(23)19-13-8-4-5-9-18-13;/h1-10,22H,11H2,(H,18,19,23);1H/p-1. The van der Waals surface area contributed by atoms with Gasteiger partial charge in [0.15, 0.2) is 5.16 Å². The molecule has 0 atom stereocenters. The number of nitrogens with zero attached hydrogens (tertiary/aromatic N) is 3. The van der Waals surface area contributed by atoms with Crippen LogP contribution in [0.5, 0.6) is 5.88 Å². The number of thioether (sulfide) groups is 1. The number of hydrogen-bond donors (Lipinski definition) is 2. The Hall–Kier alpha value is -2.84. The number of carbonyl (C=O) groups excluding carboxylic acids is 1. The molecule has 2 heterocycles. The van der Waals surface area contributed by atoms with Gasteiger partial charge in [-0.25, -0.2) is 4.98 Å². The molecule has 0 aliphatic rings. The number of anilines is 1. The number of para-hydroxylation sites is 1. The molecule has 0 spiro atoms. The second kappa shape index (κ2) is 9.02. The van der Waals surface area contributed by atoms with Crippen molar-refractivity contribution >= 4 is 23.5 Å². The Balaban J connectivity index is 0.00000243. The molecule has 2 aromatic heterocycles. The summed E-state index contributed by atoms with van der Waals surface area (Å²) in [4.78, 5) is 32.3. The van der Waals surface area contributed by atoms with Gasteiger partial charge in [0.05, 0.1) is 17.5 Å². The molecule has 7 nitrogen and oxygen atoms in total. The lowest BCUT2D eigenvalue weighted by Crippen LogP contribution is -3.00. The molecule has 0 bridgehead atoms. The number of carbonyl (C=O) groups is 1. The van der Waals surface area contributed by atoms with E-state index in [1.54, 1.807) is 48.7 Å². The molecule has 0 unspecified atom stereocenters. The van der Waals surface area contributed by atoms with Crippen molar-refractivity contribution in [1.29, 1.82) is 0 Å². The van der Waals surface area contributed by atoms with E-state index in [-0.39, 0.29) is 35.1 Å². The van der Waals surface area contributed by atoms with E-state index in [0.29, 0.717) is 11.5 Å². The van der Waals surface area contributed by atoms with Crippen molar-refractivity contribution in [2.45, 2.75) is 5.16 Å². The van der Waals surface area contributed by atoms with Crippen LogP contribution in [0.15, 0.2) is 70.7 Å². The van der Waals surface area contributed by atoms with Crippen LogP contribution in [0.1, 0.15) is 0 Å². The SMILES string of the molecule is O=C(CSc1nc(O)cc(=O)n1-c1ccccc1)Nc1ccccn1.[Cl-]. The molecule has 0 fully saturated rings. The van der Waals surface area contributed by atoms with Gasteiger partial charge in [0, 0.05) is 6.20 Å². The molecule has 26 heavy (non-hydrogen) atoms. The lowest BCUT2D eigenvalue weighted by atomic mass is 10.3. The normalized spacial score (nSPS) is 10.0. The van der Waals surface area contributed by atoms with Crippen molar-refractivity contribution in [2.75, 3.05) is 11.1 Å². The van der Waals surface area contributed by atoms with Gasteiger partial charge in [0.1, 0.15) is 5.82 Å². The smallest absolute Gasteiger partial charge is 0.262 e. The van der Waals surface area contributed by atoms with Gasteiger partial charge in [0.2, 0.25) is 11.8 Å². The Morgan fingerprint density at radius 2 is 1.88 bits per heavy atom. The summed E-state index contributed by atoms with van der Waals surface area (Å²) in [7, 11) is 0. The summed E-state index contributed by atoms with van der Waals surface area (Å²) in [5.41, 5.74) is 0.180. The highest BCUT2D eigenvalue weighted by atomic mass is 35.5. The van der Waals surface area contributed by atoms with Gasteiger partial charge < -0.3 is 22.8 Å². The average molecular weight is 390 g/mol. The van der Waals surface area contributed by atoms with Gasteiger partial charge >= 0.3 is 0 Å². The van der Waals surface area contributed by atoms with Crippen molar-refractivity contribution in [3.05, 3.63) is 71.1 Å². The van der Waals surface area contributed by atoms with Crippen LogP contribution in [0.3, 0.4) is 0 Å². The number of hydrogen-bond acceptors (Lipinski definition) is 6. The second-order valence-electron chi connectivity index (χ2n) is 4.96. The van der Waals surface area contributed by atoms with Crippen LogP contribution in [0.2, 0.25) is 0 Å². The Morgan fingerprint density at radius 3 is 2.58 bits per heavy atom. The topological polar surface area (TPSA) is 97.1 Å². The fourth-order valence-electron chi connectivity index (χ4n) is 2.11. The maximum atomic E-state index is 12.2. The fourth-order valence-corrected chi connectivity index (χ4v) is 2.92. The second-order valence-corrected chi connectivity index (χ2v) is 5.90. The predicted molar refractivity (Wildman–Crippen MR) is 95.1 cm³/mol. The minimum absolute atomic E-state index is 0. The number of benzene rings is 1. The summed E-state index contributed by atoms with van der Waals surface area (Å²) in [6.07, 6.45) is 1.58. The molecular formula is C17H14ClN4O3S-. The highest BCUT2D eigenvalue weighted by molar-refractivity contribution is 7.99. The van der Waals surface area contributed by atoms with Gasteiger partial charge in [-0.1, -0.05) is 36.0 Å². The van der Waals surface area contributed by atoms with E-state index in [0.717, 1.165) is 17.8 Å². The molecule has 0 saturated carbocycles. The van der Waals surface area contributed by atoms with E-state index >= 15 is 0 Å². The van der Waals surface area contributed by atoms with E-state index in [4.69, 9.17) is 0 Å². The molecule has 2 N–H and O–H groups in total. The van der Waals surface area contributed by atoms with Crippen LogP contribution < -0.4 is 23.3 Å². The van der Waals surface area contributed by atoms with Crippen molar-refractivity contribution in [2.24, 2.45) is 0 Å². The quantitative estimate of drug-likeness (QED) is 0.432. The van der Waals surface area contributed by atoms with E-state index in [9.17, 15) is 14.7 Å². The molecule has 1 amide bonds. The van der Waals surface area contributed by atoms with Crippen molar-refractivity contribution in [1.82, 2.24) is 14.5 Å². The molecule has 0 radical (unpaired) electrons. The molecule has 0 aliphatic heterocycles.